The van der Waals surface area contributed by atoms with E-state index in [0.29, 0.717) is 6.54 Å². The number of aryl methyl sites for hydroxylation is 2. The Balaban J connectivity index is 2.27. The number of rotatable bonds is 4. The summed E-state index contributed by atoms with van der Waals surface area (Å²) in [7, 11) is 3.63. The molecule has 108 valence electrons. The Bertz CT molecular complexity index is 638. The predicted molar refractivity (Wildman–Crippen MR) is 88.4 cm³/mol. The van der Waals surface area contributed by atoms with Crippen molar-refractivity contribution in [1.29, 1.82) is 0 Å². The quantitative estimate of drug-likeness (QED) is 0.833. The molecular weight excluding hydrogens is 386 g/mol. The number of nitrogens with one attached hydrogen (secondary N) is 1. The van der Waals surface area contributed by atoms with Crippen LogP contribution in [0, 0.1) is 13.8 Å². The van der Waals surface area contributed by atoms with E-state index in [1.54, 1.807) is 7.11 Å². The van der Waals surface area contributed by atoms with Gasteiger partial charge in [0.05, 0.1) is 28.7 Å². The first-order valence-electron chi connectivity index (χ1n) is 6.20. The fraction of sp³-hybridized carbons (Fsp3) is 0.357. The lowest BCUT2D eigenvalue weighted by Crippen LogP contribution is -2.04. The van der Waals surface area contributed by atoms with Crippen LogP contribution in [0.25, 0.3) is 0 Å². The van der Waals surface area contributed by atoms with Crippen LogP contribution in [0.15, 0.2) is 21.1 Å². The average molecular weight is 403 g/mol. The van der Waals surface area contributed by atoms with E-state index in [9.17, 15) is 0 Å². The first-order chi connectivity index (χ1) is 9.43. The number of benzene rings is 1. The molecule has 0 radical (unpaired) electrons. The highest BCUT2D eigenvalue weighted by atomic mass is 79.9. The molecule has 0 aliphatic heterocycles. The maximum atomic E-state index is 5.46. The largest absolute Gasteiger partial charge is 0.495 e. The number of hydrogen-bond donors (Lipinski definition) is 1. The average Bonchev–Trinajstić information content (AvgIpc) is 2.61. The normalized spacial score (nSPS) is 10.7. The molecule has 4 nitrogen and oxygen atoms in total. The zero-order valence-corrected chi connectivity index (χ0v) is 15.1. The molecule has 2 rings (SSSR count). The van der Waals surface area contributed by atoms with Gasteiger partial charge in [0.25, 0.3) is 0 Å². The summed E-state index contributed by atoms with van der Waals surface area (Å²) in [4.78, 5) is 0. The van der Waals surface area contributed by atoms with Crippen molar-refractivity contribution >= 4 is 37.5 Å². The summed E-state index contributed by atoms with van der Waals surface area (Å²) in [6, 6.07) is 4.03. The lowest BCUT2D eigenvalue weighted by molar-refractivity contribution is 0.407. The van der Waals surface area contributed by atoms with Gasteiger partial charge < -0.3 is 10.1 Å². The van der Waals surface area contributed by atoms with Crippen molar-refractivity contribution in [2.45, 2.75) is 20.4 Å². The van der Waals surface area contributed by atoms with Gasteiger partial charge in [0.1, 0.15) is 5.75 Å². The highest BCUT2D eigenvalue weighted by Gasteiger charge is 2.12. The van der Waals surface area contributed by atoms with E-state index >= 15 is 0 Å². The molecule has 0 aliphatic rings. The second-order valence-electron chi connectivity index (χ2n) is 4.60. The summed E-state index contributed by atoms with van der Waals surface area (Å²) in [5, 5.41) is 7.85. The number of anilines is 1. The van der Waals surface area contributed by atoms with Gasteiger partial charge in [-0.25, -0.2) is 0 Å². The third kappa shape index (κ3) is 3.01. The Morgan fingerprint density at radius 2 is 2.00 bits per heavy atom. The Morgan fingerprint density at radius 1 is 1.30 bits per heavy atom. The van der Waals surface area contributed by atoms with E-state index < -0.39 is 0 Å². The fourth-order valence-electron chi connectivity index (χ4n) is 2.19. The second-order valence-corrected chi connectivity index (χ2v) is 6.37. The summed E-state index contributed by atoms with van der Waals surface area (Å²) in [5.41, 5.74) is 4.27. The van der Waals surface area contributed by atoms with Crippen LogP contribution < -0.4 is 10.1 Å². The van der Waals surface area contributed by atoms with Crippen molar-refractivity contribution in [1.82, 2.24) is 9.78 Å². The topological polar surface area (TPSA) is 39.1 Å². The number of ether oxygens (including phenoxy) is 1. The van der Waals surface area contributed by atoms with Crippen molar-refractivity contribution in [3.05, 3.63) is 38.0 Å². The van der Waals surface area contributed by atoms with Crippen molar-refractivity contribution in [2.75, 3.05) is 12.4 Å². The standard InChI is InChI=1S/C14H17Br2N3O/c1-8-13(9(2)19(3)18-8)17-7-10-5-11(15)6-12(16)14(10)20-4/h5-6,17H,7H2,1-4H3. The highest BCUT2D eigenvalue weighted by molar-refractivity contribution is 9.11. The smallest absolute Gasteiger partial charge is 0.138 e. The second kappa shape index (κ2) is 6.18. The van der Waals surface area contributed by atoms with Crippen molar-refractivity contribution in [2.24, 2.45) is 7.05 Å². The van der Waals surface area contributed by atoms with Crippen molar-refractivity contribution in [3.63, 3.8) is 0 Å². The van der Waals surface area contributed by atoms with Crippen molar-refractivity contribution in [3.8, 4) is 5.75 Å². The van der Waals surface area contributed by atoms with E-state index in [2.05, 4.69) is 55.3 Å². The molecule has 1 aromatic carbocycles. The monoisotopic (exact) mass is 401 g/mol. The number of nitrogens with zero attached hydrogens (tertiary/aromatic N) is 2. The van der Waals surface area contributed by atoms with Gasteiger partial charge in [-0.1, -0.05) is 15.9 Å². The maximum Gasteiger partial charge on any atom is 0.138 e. The summed E-state index contributed by atoms with van der Waals surface area (Å²) >= 11 is 7.02. The third-order valence-electron chi connectivity index (χ3n) is 3.25. The molecule has 1 N–H and O–H groups in total. The van der Waals surface area contributed by atoms with Crippen LogP contribution >= 0.6 is 31.9 Å². The Labute approximate surface area is 135 Å². The molecule has 0 aliphatic carbocycles. The molecule has 1 aromatic heterocycles. The minimum atomic E-state index is 0.675. The molecule has 0 saturated carbocycles. The van der Waals surface area contributed by atoms with Gasteiger partial charge in [-0.3, -0.25) is 4.68 Å². The maximum absolute atomic E-state index is 5.46. The minimum Gasteiger partial charge on any atom is -0.495 e. The van der Waals surface area contributed by atoms with Crippen LogP contribution in [0.2, 0.25) is 0 Å². The SMILES string of the molecule is COc1c(Br)cc(Br)cc1CNc1c(C)nn(C)c1C. The van der Waals surface area contributed by atoms with Gasteiger partial charge >= 0.3 is 0 Å². The molecule has 20 heavy (non-hydrogen) atoms. The summed E-state index contributed by atoms with van der Waals surface area (Å²) < 4.78 is 9.29. The van der Waals surface area contributed by atoms with E-state index in [1.807, 2.05) is 24.7 Å². The van der Waals surface area contributed by atoms with E-state index in [4.69, 9.17) is 4.74 Å². The Morgan fingerprint density at radius 3 is 2.55 bits per heavy atom. The van der Waals surface area contributed by atoms with Crippen LogP contribution in [-0.2, 0) is 13.6 Å². The van der Waals surface area contributed by atoms with Crippen LogP contribution in [0.5, 0.6) is 5.75 Å². The lowest BCUT2D eigenvalue weighted by atomic mass is 10.2. The van der Waals surface area contributed by atoms with E-state index in [1.165, 1.54) is 0 Å². The van der Waals surface area contributed by atoms with Crippen LogP contribution in [-0.4, -0.2) is 16.9 Å². The molecule has 0 bridgehead atoms. The number of halogens is 2. The summed E-state index contributed by atoms with van der Waals surface area (Å²) in [5.74, 6) is 0.847. The molecular formula is C14H17Br2N3O. The predicted octanol–water partition coefficient (Wildman–Crippen LogP) is 4.18. The van der Waals surface area contributed by atoms with Gasteiger partial charge in [-0.05, 0) is 41.9 Å². The zero-order chi connectivity index (χ0) is 14.9. The Kier molecular flexibility index (Phi) is 4.75. The molecule has 0 saturated heterocycles. The molecule has 0 atom stereocenters. The van der Waals surface area contributed by atoms with E-state index in [0.717, 1.165) is 37.3 Å². The molecule has 0 spiro atoms. The van der Waals surface area contributed by atoms with Crippen LogP contribution in [0.1, 0.15) is 17.0 Å². The van der Waals surface area contributed by atoms with Gasteiger partial charge in [-0.15, -0.1) is 0 Å². The lowest BCUT2D eigenvalue weighted by Gasteiger charge is -2.13. The molecule has 0 amide bonds. The first-order valence-corrected chi connectivity index (χ1v) is 7.78. The molecule has 1 heterocycles. The number of hydrogen-bond acceptors (Lipinski definition) is 3. The molecule has 2 aromatic rings. The first kappa shape index (κ1) is 15.4. The molecule has 6 heteroatoms. The molecule has 0 fully saturated rings. The number of aromatic nitrogens is 2. The van der Waals surface area contributed by atoms with Crippen molar-refractivity contribution < 1.29 is 4.74 Å². The van der Waals surface area contributed by atoms with Crippen LogP contribution in [0.3, 0.4) is 0 Å². The summed E-state index contributed by atoms with van der Waals surface area (Å²) in [6.07, 6.45) is 0. The van der Waals surface area contributed by atoms with Gasteiger partial charge in [0, 0.05) is 23.6 Å². The van der Waals surface area contributed by atoms with Gasteiger partial charge in [0.2, 0.25) is 0 Å². The fourth-order valence-corrected chi connectivity index (χ4v) is 3.66. The van der Waals surface area contributed by atoms with Gasteiger partial charge in [0.15, 0.2) is 0 Å². The minimum absolute atomic E-state index is 0.675. The highest BCUT2D eigenvalue weighted by Crippen LogP contribution is 2.33. The van der Waals surface area contributed by atoms with Gasteiger partial charge in [-0.2, -0.15) is 5.10 Å². The zero-order valence-electron chi connectivity index (χ0n) is 11.9. The van der Waals surface area contributed by atoms with E-state index in [-0.39, 0.29) is 0 Å². The van der Waals surface area contributed by atoms with Crippen LogP contribution in [0.4, 0.5) is 5.69 Å². The third-order valence-corrected chi connectivity index (χ3v) is 4.30. The molecule has 0 unspecified atom stereocenters. The number of methoxy groups -OCH3 is 1. The Hall–Kier alpha value is -1.01. The summed E-state index contributed by atoms with van der Waals surface area (Å²) in [6.45, 7) is 4.73.